The Morgan fingerprint density at radius 1 is 1.09 bits per heavy atom. The Morgan fingerprint density at radius 3 is 2.48 bits per heavy atom. The maximum absolute atomic E-state index is 12.1. The van der Waals surface area contributed by atoms with E-state index in [1.807, 2.05) is 0 Å². The van der Waals surface area contributed by atoms with E-state index in [9.17, 15) is 19.8 Å². The fourth-order valence-corrected chi connectivity index (χ4v) is 2.26. The van der Waals surface area contributed by atoms with E-state index in [1.54, 1.807) is 37.3 Å². The van der Waals surface area contributed by atoms with Gasteiger partial charge in [-0.1, -0.05) is 18.2 Å². The molecule has 0 aliphatic heterocycles. The molecule has 0 saturated carbocycles. The highest BCUT2D eigenvalue weighted by Gasteiger charge is 2.19. The van der Waals surface area contributed by atoms with Crippen molar-refractivity contribution in [1.82, 2.24) is 0 Å². The summed E-state index contributed by atoms with van der Waals surface area (Å²) in [4.78, 5) is 24.2. The Kier molecular flexibility index (Phi) is 3.50. The number of carbonyl (C=O) groups is 1. The monoisotopic (exact) mass is 311 g/mol. The van der Waals surface area contributed by atoms with Crippen molar-refractivity contribution in [2.75, 3.05) is 5.32 Å². The molecule has 3 aromatic rings. The number of phenols is 1. The quantitative estimate of drug-likeness (QED) is 0.632. The molecule has 0 aliphatic rings. The molecule has 3 rings (SSSR count). The second-order valence-electron chi connectivity index (χ2n) is 5.02. The Labute approximate surface area is 130 Å². The molecule has 0 fully saturated rings. The van der Waals surface area contributed by atoms with E-state index < -0.39 is 17.3 Å². The summed E-state index contributed by atoms with van der Waals surface area (Å²) < 4.78 is 5.13. The van der Waals surface area contributed by atoms with Crippen LogP contribution in [0.4, 0.5) is 5.69 Å². The van der Waals surface area contributed by atoms with Crippen LogP contribution >= 0.6 is 0 Å². The molecular formula is C17H13NO5. The summed E-state index contributed by atoms with van der Waals surface area (Å²) in [5.74, 6) is -0.993. The normalized spacial score (nSPS) is 10.7. The van der Waals surface area contributed by atoms with Gasteiger partial charge in [0.05, 0.1) is 5.39 Å². The molecule has 0 unspecified atom stereocenters. The van der Waals surface area contributed by atoms with Crippen molar-refractivity contribution in [2.24, 2.45) is 0 Å². The molecule has 2 aromatic carbocycles. The van der Waals surface area contributed by atoms with Gasteiger partial charge in [0.1, 0.15) is 11.3 Å². The molecule has 6 nitrogen and oxygen atoms in total. The van der Waals surface area contributed by atoms with Crippen molar-refractivity contribution in [3.63, 3.8) is 0 Å². The van der Waals surface area contributed by atoms with Crippen LogP contribution in [-0.4, -0.2) is 16.1 Å². The number of rotatable bonds is 2. The molecule has 1 aromatic heterocycles. The summed E-state index contributed by atoms with van der Waals surface area (Å²) in [5, 5.41) is 22.5. The Bertz CT molecular complexity index is 960. The van der Waals surface area contributed by atoms with Crippen LogP contribution in [0.3, 0.4) is 0 Å². The number of benzene rings is 2. The number of carbonyl (C=O) groups excluding carboxylic acids is 1. The summed E-state index contributed by atoms with van der Waals surface area (Å²) in [6.07, 6.45) is 0. The summed E-state index contributed by atoms with van der Waals surface area (Å²) >= 11 is 0. The third-order valence-corrected chi connectivity index (χ3v) is 3.54. The first kappa shape index (κ1) is 14.6. The number of aromatic hydroxyl groups is 2. The highest BCUT2D eigenvalue weighted by molar-refractivity contribution is 6.06. The number of aryl methyl sites for hydroxylation is 1. The summed E-state index contributed by atoms with van der Waals surface area (Å²) in [6.45, 7) is 1.56. The smallest absolute Gasteiger partial charge is 0.364 e. The maximum atomic E-state index is 12.1. The number of anilines is 1. The lowest BCUT2D eigenvalue weighted by atomic mass is 10.1. The molecule has 0 spiro atoms. The molecule has 0 aliphatic carbocycles. The number of nitrogens with one attached hydrogen (secondary N) is 1. The van der Waals surface area contributed by atoms with Gasteiger partial charge in [0.2, 0.25) is 0 Å². The van der Waals surface area contributed by atoms with Crippen LogP contribution in [0.1, 0.15) is 15.9 Å². The lowest BCUT2D eigenvalue weighted by Crippen LogP contribution is -2.18. The third-order valence-electron chi connectivity index (χ3n) is 3.54. The van der Waals surface area contributed by atoms with Gasteiger partial charge in [0.25, 0.3) is 5.91 Å². The molecule has 1 heterocycles. The Balaban J connectivity index is 2.10. The molecule has 3 N–H and O–H groups in total. The van der Waals surface area contributed by atoms with Gasteiger partial charge < -0.3 is 19.9 Å². The van der Waals surface area contributed by atoms with Gasteiger partial charge in [-0.05, 0) is 31.2 Å². The SMILES string of the molecule is Cc1c(O)ccc2c(O)c(NC(=O)c3ccccc3)c(=O)oc12. The highest BCUT2D eigenvalue weighted by atomic mass is 16.4. The fraction of sp³-hybridized carbons (Fsp3) is 0.0588. The van der Waals surface area contributed by atoms with Crippen molar-refractivity contribution in [2.45, 2.75) is 6.92 Å². The van der Waals surface area contributed by atoms with E-state index in [2.05, 4.69) is 5.32 Å². The van der Waals surface area contributed by atoms with Crippen LogP contribution in [0.2, 0.25) is 0 Å². The van der Waals surface area contributed by atoms with Crippen LogP contribution in [0, 0.1) is 6.92 Å². The molecule has 1 amide bonds. The van der Waals surface area contributed by atoms with Crippen LogP contribution in [-0.2, 0) is 0 Å². The lowest BCUT2D eigenvalue weighted by molar-refractivity contribution is 0.102. The lowest BCUT2D eigenvalue weighted by Gasteiger charge is -2.10. The number of fused-ring (bicyclic) bond motifs is 1. The van der Waals surface area contributed by atoms with E-state index in [1.165, 1.54) is 12.1 Å². The largest absolute Gasteiger partial charge is 0.508 e. The molecule has 23 heavy (non-hydrogen) atoms. The first-order valence-electron chi connectivity index (χ1n) is 6.84. The zero-order valence-electron chi connectivity index (χ0n) is 12.2. The van der Waals surface area contributed by atoms with E-state index in [0.717, 1.165) is 0 Å². The first-order chi connectivity index (χ1) is 11.0. The van der Waals surface area contributed by atoms with Crippen molar-refractivity contribution < 1.29 is 19.4 Å². The molecular weight excluding hydrogens is 298 g/mol. The predicted octanol–water partition coefficient (Wildman–Crippen LogP) is 2.76. The fourth-order valence-electron chi connectivity index (χ4n) is 2.26. The first-order valence-corrected chi connectivity index (χ1v) is 6.84. The van der Waals surface area contributed by atoms with Gasteiger partial charge in [0.15, 0.2) is 11.4 Å². The van der Waals surface area contributed by atoms with Crippen molar-refractivity contribution in [1.29, 1.82) is 0 Å². The van der Waals surface area contributed by atoms with Crippen LogP contribution < -0.4 is 10.9 Å². The van der Waals surface area contributed by atoms with Crippen LogP contribution in [0.15, 0.2) is 51.7 Å². The number of hydrogen-bond acceptors (Lipinski definition) is 5. The van der Waals surface area contributed by atoms with E-state index >= 15 is 0 Å². The second-order valence-corrected chi connectivity index (χ2v) is 5.02. The zero-order valence-corrected chi connectivity index (χ0v) is 12.2. The van der Waals surface area contributed by atoms with E-state index in [-0.39, 0.29) is 22.4 Å². The van der Waals surface area contributed by atoms with Gasteiger partial charge in [-0.25, -0.2) is 4.79 Å². The molecule has 0 bridgehead atoms. The molecule has 0 atom stereocenters. The minimum absolute atomic E-state index is 0.0545. The molecule has 0 saturated heterocycles. The van der Waals surface area contributed by atoms with E-state index in [0.29, 0.717) is 11.1 Å². The van der Waals surface area contributed by atoms with Gasteiger partial charge >= 0.3 is 5.63 Å². The van der Waals surface area contributed by atoms with Crippen LogP contribution in [0.25, 0.3) is 11.0 Å². The minimum Gasteiger partial charge on any atom is -0.508 e. The van der Waals surface area contributed by atoms with Crippen molar-refractivity contribution >= 4 is 22.6 Å². The molecule has 6 heteroatoms. The average Bonchev–Trinajstić information content (AvgIpc) is 2.56. The summed E-state index contributed by atoms with van der Waals surface area (Å²) in [5.41, 5.74) is -0.487. The topological polar surface area (TPSA) is 99.8 Å². The standard InChI is InChI=1S/C17H13NO5/c1-9-12(19)8-7-11-14(20)13(17(22)23-15(9)11)18-16(21)10-5-3-2-4-6-10/h2-8,19-20H,1H3,(H,18,21). The Hall–Kier alpha value is -3.28. The van der Waals surface area contributed by atoms with Gasteiger partial charge in [-0.3, -0.25) is 4.79 Å². The van der Waals surface area contributed by atoms with Gasteiger partial charge in [-0.2, -0.15) is 0 Å². The second kappa shape index (κ2) is 5.49. The minimum atomic E-state index is -0.895. The molecule has 116 valence electrons. The summed E-state index contributed by atoms with van der Waals surface area (Å²) in [7, 11) is 0. The van der Waals surface area contributed by atoms with Gasteiger partial charge in [0, 0.05) is 11.1 Å². The predicted molar refractivity (Wildman–Crippen MR) is 84.9 cm³/mol. The van der Waals surface area contributed by atoms with Crippen molar-refractivity contribution in [3.05, 3.63) is 64.0 Å². The van der Waals surface area contributed by atoms with Crippen LogP contribution in [0.5, 0.6) is 11.5 Å². The summed E-state index contributed by atoms with van der Waals surface area (Å²) in [6, 6.07) is 11.1. The van der Waals surface area contributed by atoms with E-state index in [4.69, 9.17) is 4.42 Å². The van der Waals surface area contributed by atoms with Gasteiger partial charge in [-0.15, -0.1) is 0 Å². The maximum Gasteiger partial charge on any atom is 0.364 e. The number of amides is 1. The number of phenolic OH excluding ortho intramolecular Hbond substituents is 1. The molecule has 0 radical (unpaired) electrons. The highest BCUT2D eigenvalue weighted by Crippen LogP contribution is 2.34. The third kappa shape index (κ3) is 2.50. The number of hydrogen-bond donors (Lipinski definition) is 3. The Morgan fingerprint density at radius 2 is 1.78 bits per heavy atom. The zero-order chi connectivity index (χ0) is 16.6. The van der Waals surface area contributed by atoms with Crippen molar-refractivity contribution in [3.8, 4) is 11.5 Å². The average molecular weight is 311 g/mol.